The highest BCUT2D eigenvalue weighted by atomic mass is 19.1. The topological polar surface area (TPSA) is 41.6 Å². The van der Waals surface area contributed by atoms with E-state index < -0.39 is 0 Å². The molecule has 0 aromatic heterocycles. The molecule has 1 amide bonds. The molecular formula is C13H17FN2O2. The van der Waals surface area contributed by atoms with Gasteiger partial charge in [0.2, 0.25) is 5.91 Å². The fourth-order valence-corrected chi connectivity index (χ4v) is 2.14. The predicted octanol–water partition coefficient (Wildman–Crippen LogP) is 0.945. The number of methoxy groups -OCH3 is 1. The van der Waals surface area contributed by atoms with Crippen molar-refractivity contribution in [1.29, 1.82) is 0 Å². The van der Waals surface area contributed by atoms with E-state index in [4.69, 9.17) is 4.74 Å². The molecule has 2 rings (SSSR count). The molecule has 1 N–H and O–H groups in total. The first kappa shape index (κ1) is 13.0. The van der Waals surface area contributed by atoms with E-state index in [1.807, 2.05) is 6.07 Å². The smallest absolute Gasteiger partial charge is 0.248 e. The molecule has 0 radical (unpaired) electrons. The summed E-state index contributed by atoms with van der Waals surface area (Å²) in [6.45, 7) is 2.01. The van der Waals surface area contributed by atoms with E-state index in [0.717, 1.165) is 5.56 Å². The Hall–Kier alpha value is -1.46. The first-order valence-corrected chi connectivity index (χ1v) is 5.96. The molecule has 5 heteroatoms. The largest absolute Gasteiger partial charge is 0.375 e. The zero-order valence-corrected chi connectivity index (χ0v) is 10.4. The Morgan fingerprint density at radius 2 is 2.44 bits per heavy atom. The fraction of sp³-hybridized carbons (Fsp3) is 0.462. The van der Waals surface area contributed by atoms with Crippen LogP contribution in [0.15, 0.2) is 24.3 Å². The highest BCUT2D eigenvalue weighted by Crippen LogP contribution is 2.18. The summed E-state index contributed by atoms with van der Waals surface area (Å²) >= 11 is 0. The Morgan fingerprint density at radius 3 is 3.17 bits per heavy atom. The van der Waals surface area contributed by atoms with Crippen LogP contribution in [0, 0.1) is 5.82 Å². The van der Waals surface area contributed by atoms with Gasteiger partial charge in [0, 0.05) is 26.7 Å². The van der Waals surface area contributed by atoms with Crippen LogP contribution in [0.5, 0.6) is 0 Å². The number of hydrogen-bond acceptors (Lipinski definition) is 3. The minimum atomic E-state index is -0.255. The lowest BCUT2D eigenvalue weighted by Crippen LogP contribution is -2.49. The lowest BCUT2D eigenvalue weighted by atomic mass is 10.0. The second-order valence-corrected chi connectivity index (χ2v) is 4.33. The van der Waals surface area contributed by atoms with Crippen molar-refractivity contribution >= 4 is 5.91 Å². The van der Waals surface area contributed by atoms with Gasteiger partial charge in [0.1, 0.15) is 12.4 Å². The van der Waals surface area contributed by atoms with Crippen molar-refractivity contribution in [2.75, 3.05) is 33.4 Å². The van der Waals surface area contributed by atoms with Crippen molar-refractivity contribution < 1.29 is 13.9 Å². The number of amides is 1. The van der Waals surface area contributed by atoms with E-state index in [1.165, 1.54) is 19.2 Å². The summed E-state index contributed by atoms with van der Waals surface area (Å²) in [5.74, 6) is -0.282. The van der Waals surface area contributed by atoms with Crippen molar-refractivity contribution in [2.45, 2.75) is 6.04 Å². The zero-order chi connectivity index (χ0) is 13.0. The molecule has 1 atom stereocenters. The Kier molecular flexibility index (Phi) is 4.28. The van der Waals surface area contributed by atoms with Crippen LogP contribution in [0.2, 0.25) is 0 Å². The third kappa shape index (κ3) is 3.05. The summed E-state index contributed by atoms with van der Waals surface area (Å²) in [5.41, 5.74) is 0.866. The minimum absolute atomic E-state index is 0.0183. The highest BCUT2D eigenvalue weighted by molar-refractivity contribution is 5.77. The number of rotatable bonds is 3. The molecular weight excluding hydrogens is 235 g/mol. The van der Waals surface area contributed by atoms with Crippen molar-refractivity contribution in [2.24, 2.45) is 0 Å². The van der Waals surface area contributed by atoms with E-state index in [-0.39, 0.29) is 24.4 Å². The van der Waals surface area contributed by atoms with Gasteiger partial charge in [-0.2, -0.15) is 0 Å². The standard InChI is InChI=1S/C13H17FN2O2/c1-18-9-13(17)16-6-5-15-12(8-16)10-3-2-4-11(14)7-10/h2-4,7,12,15H,5-6,8-9H2,1H3/t12-/m0/s1. The van der Waals surface area contributed by atoms with Crippen LogP contribution < -0.4 is 5.32 Å². The summed E-state index contributed by atoms with van der Waals surface area (Å²) in [7, 11) is 1.50. The molecule has 1 heterocycles. The molecule has 1 aliphatic rings. The van der Waals surface area contributed by atoms with Crippen molar-refractivity contribution in [3.8, 4) is 0 Å². The van der Waals surface area contributed by atoms with Crippen LogP contribution in [-0.2, 0) is 9.53 Å². The predicted molar refractivity (Wildman–Crippen MR) is 65.6 cm³/mol. The molecule has 1 aliphatic heterocycles. The molecule has 1 aromatic rings. The molecule has 1 aromatic carbocycles. The van der Waals surface area contributed by atoms with Gasteiger partial charge in [-0.25, -0.2) is 4.39 Å². The van der Waals surface area contributed by atoms with Crippen LogP contribution >= 0.6 is 0 Å². The third-order valence-corrected chi connectivity index (χ3v) is 3.05. The van der Waals surface area contributed by atoms with Crippen LogP contribution in [0.25, 0.3) is 0 Å². The lowest BCUT2D eigenvalue weighted by molar-refractivity contribution is -0.136. The number of halogens is 1. The van der Waals surface area contributed by atoms with E-state index in [0.29, 0.717) is 19.6 Å². The Morgan fingerprint density at radius 1 is 1.61 bits per heavy atom. The second kappa shape index (κ2) is 5.93. The number of carbonyl (C=O) groups is 1. The molecule has 0 saturated carbocycles. The van der Waals surface area contributed by atoms with E-state index in [9.17, 15) is 9.18 Å². The number of nitrogens with zero attached hydrogens (tertiary/aromatic N) is 1. The van der Waals surface area contributed by atoms with Gasteiger partial charge in [-0.1, -0.05) is 12.1 Å². The quantitative estimate of drug-likeness (QED) is 0.870. The average Bonchev–Trinajstić information content (AvgIpc) is 2.39. The Bertz CT molecular complexity index is 425. The van der Waals surface area contributed by atoms with Crippen molar-refractivity contribution in [1.82, 2.24) is 10.2 Å². The average molecular weight is 252 g/mol. The van der Waals surface area contributed by atoms with Gasteiger partial charge in [-0.05, 0) is 17.7 Å². The second-order valence-electron chi connectivity index (χ2n) is 4.33. The molecule has 18 heavy (non-hydrogen) atoms. The highest BCUT2D eigenvalue weighted by Gasteiger charge is 2.24. The molecule has 0 aliphatic carbocycles. The van der Waals surface area contributed by atoms with Crippen LogP contribution in [-0.4, -0.2) is 44.2 Å². The van der Waals surface area contributed by atoms with Gasteiger partial charge in [-0.15, -0.1) is 0 Å². The van der Waals surface area contributed by atoms with E-state index in [1.54, 1.807) is 11.0 Å². The van der Waals surface area contributed by atoms with Gasteiger partial charge in [0.25, 0.3) is 0 Å². The van der Waals surface area contributed by atoms with Crippen molar-refractivity contribution in [3.63, 3.8) is 0 Å². The molecule has 4 nitrogen and oxygen atoms in total. The molecule has 1 saturated heterocycles. The first-order valence-electron chi connectivity index (χ1n) is 5.96. The first-order chi connectivity index (χ1) is 8.70. The number of hydrogen-bond donors (Lipinski definition) is 1. The summed E-state index contributed by atoms with van der Waals surface area (Å²) < 4.78 is 18.0. The summed E-state index contributed by atoms with van der Waals surface area (Å²) in [6, 6.07) is 6.45. The van der Waals surface area contributed by atoms with Crippen LogP contribution in [0.1, 0.15) is 11.6 Å². The van der Waals surface area contributed by atoms with Gasteiger partial charge < -0.3 is 15.0 Å². The normalized spacial score (nSPS) is 19.9. The maximum absolute atomic E-state index is 13.2. The number of piperazine rings is 1. The third-order valence-electron chi connectivity index (χ3n) is 3.05. The summed E-state index contributed by atoms with van der Waals surface area (Å²) in [5, 5.41) is 3.29. The van der Waals surface area contributed by atoms with E-state index >= 15 is 0 Å². The van der Waals surface area contributed by atoms with Gasteiger partial charge in [-0.3, -0.25) is 4.79 Å². The fourth-order valence-electron chi connectivity index (χ4n) is 2.14. The van der Waals surface area contributed by atoms with E-state index in [2.05, 4.69) is 5.32 Å². The number of ether oxygens (including phenoxy) is 1. The van der Waals surface area contributed by atoms with Gasteiger partial charge in [0.05, 0.1) is 6.04 Å². The van der Waals surface area contributed by atoms with Crippen LogP contribution in [0.3, 0.4) is 0 Å². The molecule has 98 valence electrons. The summed E-state index contributed by atoms with van der Waals surface area (Å²) in [4.78, 5) is 13.5. The summed E-state index contributed by atoms with van der Waals surface area (Å²) in [6.07, 6.45) is 0. The Labute approximate surface area is 106 Å². The minimum Gasteiger partial charge on any atom is -0.375 e. The zero-order valence-electron chi connectivity index (χ0n) is 10.4. The monoisotopic (exact) mass is 252 g/mol. The van der Waals surface area contributed by atoms with Gasteiger partial charge in [0.15, 0.2) is 0 Å². The SMILES string of the molecule is COCC(=O)N1CCN[C@H](c2cccc(F)c2)C1. The lowest BCUT2D eigenvalue weighted by Gasteiger charge is -2.33. The molecule has 0 unspecified atom stereocenters. The molecule has 1 fully saturated rings. The Balaban J connectivity index is 2.04. The maximum atomic E-state index is 13.2. The number of nitrogens with one attached hydrogen (secondary N) is 1. The van der Waals surface area contributed by atoms with Gasteiger partial charge >= 0.3 is 0 Å². The van der Waals surface area contributed by atoms with Crippen LogP contribution in [0.4, 0.5) is 4.39 Å². The molecule has 0 spiro atoms. The number of benzene rings is 1. The molecule has 0 bridgehead atoms. The maximum Gasteiger partial charge on any atom is 0.248 e. The number of carbonyl (C=O) groups excluding carboxylic acids is 1. The van der Waals surface area contributed by atoms with Crippen molar-refractivity contribution in [3.05, 3.63) is 35.6 Å².